The van der Waals surface area contributed by atoms with Crippen LogP contribution in [0.5, 0.6) is 0 Å². The van der Waals surface area contributed by atoms with Crippen LogP contribution >= 0.6 is 0 Å². The number of hydrogen-bond donors (Lipinski definition) is 0. The Kier molecular flexibility index (Phi) is 53.7. The summed E-state index contributed by atoms with van der Waals surface area (Å²) < 4.78 is 20.3. The molecule has 0 amide bonds. The minimum absolute atomic E-state index is 0. The van der Waals surface area contributed by atoms with Gasteiger partial charge in [-0.05, 0) is 39.5 Å². The van der Waals surface area contributed by atoms with E-state index in [0.29, 0.717) is 50.8 Å². The fourth-order valence-electron chi connectivity index (χ4n) is 1.36. The molecule has 35 heavy (non-hydrogen) atoms. The van der Waals surface area contributed by atoms with Crippen LogP contribution in [0.3, 0.4) is 0 Å². The molecule has 208 valence electrons. The molecule has 0 aliphatic heterocycles. The van der Waals surface area contributed by atoms with Crippen molar-refractivity contribution in [2.24, 2.45) is 0 Å². The van der Waals surface area contributed by atoms with E-state index in [1.807, 2.05) is 27.7 Å². The quantitative estimate of drug-likeness (QED) is 0.0956. The first-order chi connectivity index (χ1) is 16.2. The average molecular weight is 644 g/mol. The van der Waals surface area contributed by atoms with E-state index in [9.17, 15) is 9.59 Å². The molecular weight excluding hydrogens is 591 g/mol. The van der Waals surface area contributed by atoms with Gasteiger partial charge in [0.2, 0.25) is 0 Å². The standard InChI is InChI=1S/2C9H18O3S.2C4H9.Sn/c2*1-3-8(2)11-5-6-12-9(10)4-7-13;2*1-3-4-2;/h2*8,13H,3-7H2,1-2H3;2*3H,4H2,1-2H3;/q;;;;+2/p-2. The number of unbranched alkanes of at least 4 members (excludes halogenated alkanes) is 2. The molecule has 2 atom stereocenters. The summed E-state index contributed by atoms with van der Waals surface area (Å²) in [4.78, 5) is 21.6. The zero-order valence-corrected chi connectivity index (χ0v) is 28.0. The third kappa shape index (κ3) is 51.8. The molecule has 0 saturated heterocycles. The normalized spacial score (nSPS) is 11.0. The first kappa shape index (κ1) is 45.3. The van der Waals surface area contributed by atoms with Crippen LogP contribution < -0.4 is 0 Å². The third-order valence-electron chi connectivity index (χ3n) is 4.08. The van der Waals surface area contributed by atoms with Gasteiger partial charge in [-0.2, -0.15) is 11.5 Å². The monoisotopic (exact) mass is 644 g/mol. The van der Waals surface area contributed by atoms with Gasteiger partial charge in [0.05, 0.1) is 25.4 Å². The van der Waals surface area contributed by atoms with E-state index >= 15 is 0 Å². The van der Waals surface area contributed by atoms with Gasteiger partial charge in [0.15, 0.2) is 0 Å². The third-order valence-corrected chi connectivity index (χ3v) is 4.48. The largest absolute Gasteiger partial charge is 2.00 e. The summed E-state index contributed by atoms with van der Waals surface area (Å²) >= 11 is 9.27. The molecule has 0 aromatic heterocycles. The van der Waals surface area contributed by atoms with Gasteiger partial charge in [-0.3, -0.25) is 9.59 Å². The Morgan fingerprint density at radius 1 is 0.686 bits per heavy atom. The fourth-order valence-corrected chi connectivity index (χ4v) is 1.69. The molecule has 0 aromatic rings. The zero-order valence-electron chi connectivity index (χ0n) is 23.6. The first-order valence-electron chi connectivity index (χ1n) is 12.5. The summed E-state index contributed by atoms with van der Waals surface area (Å²) in [6, 6.07) is 0. The molecule has 0 heterocycles. The van der Waals surface area contributed by atoms with Gasteiger partial charge in [-0.25, -0.2) is 0 Å². The van der Waals surface area contributed by atoms with E-state index in [2.05, 4.69) is 65.8 Å². The molecule has 4 radical (unpaired) electrons. The molecule has 9 heteroatoms. The smallest absolute Gasteiger partial charge is 0.792 e. The molecule has 6 nitrogen and oxygen atoms in total. The van der Waals surface area contributed by atoms with Gasteiger partial charge in [0, 0.05) is 12.8 Å². The van der Waals surface area contributed by atoms with E-state index < -0.39 is 0 Å². The van der Waals surface area contributed by atoms with Crippen LogP contribution in [0.15, 0.2) is 0 Å². The predicted octanol–water partition coefficient (Wildman–Crippen LogP) is 5.42. The maximum Gasteiger partial charge on any atom is 2.00 e. The molecule has 2 unspecified atom stereocenters. The second-order valence-corrected chi connectivity index (χ2v) is 7.98. The molecule has 0 aromatic carbocycles. The molecule has 0 fully saturated rings. The van der Waals surface area contributed by atoms with E-state index in [1.165, 1.54) is 12.8 Å². The summed E-state index contributed by atoms with van der Waals surface area (Å²) in [5.41, 5.74) is 0. The second-order valence-electron chi connectivity index (χ2n) is 7.16. The molecule has 0 spiro atoms. The molecule has 0 rings (SSSR count). The van der Waals surface area contributed by atoms with Gasteiger partial charge in [0.1, 0.15) is 13.2 Å². The number of rotatable bonds is 16. The van der Waals surface area contributed by atoms with Crippen molar-refractivity contribution >= 4 is 61.1 Å². The number of carbonyl (C=O) groups is 2. The Bertz CT molecular complexity index is 364. The van der Waals surface area contributed by atoms with Gasteiger partial charge >= 0.3 is 35.8 Å². The number of esters is 2. The van der Waals surface area contributed by atoms with Crippen LogP contribution in [0, 0.1) is 12.8 Å². The first-order valence-corrected chi connectivity index (χ1v) is 13.7. The van der Waals surface area contributed by atoms with Gasteiger partial charge in [-0.1, -0.05) is 54.4 Å². The van der Waals surface area contributed by atoms with E-state index in [1.54, 1.807) is 0 Å². The topological polar surface area (TPSA) is 71.1 Å². The summed E-state index contributed by atoms with van der Waals surface area (Å²) in [5.74, 6) is 0.376. The summed E-state index contributed by atoms with van der Waals surface area (Å²) in [6.45, 7) is 18.0. The maximum absolute atomic E-state index is 10.8. The molecule has 0 aliphatic carbocycles. The Morgan fingerprint density at radius 3 is 1.17 bits per heavy atom. The van der Waals surface area contributed by atoms with Crippen LogP contribution in [-0.2, 0) is 53.8 Å². The Labute approximate surface area is 245 Å². The minimum atomic E-state index is -0.234. The van der Waals surface area contributed by atoms with Crippen molar-refractivity contribution in [2.45, 2.75) is 106 Å². The van der Waals surface area contributed by atoms with Crippen molar-refractivity contribution in [1.82, 2.24) is 0 Å². The molecule has 0 aliphatic rings. The SMILES string of the molecule is CCC(C)OCCOC(=O)CC[S-].CCC(C)OCCOC(=O)CC[S-].C[CH]CC.C[CH]CC.[Sn+2]. The Balaban J connectivity index is -0.000000128. The zero-order chi connectivity index (χ0) is 27.0. The Hall–Kier alpha value is 0.359. The number of carbonyl (C=O) groups excluding carboxylic acids is 2. The van der Waals surface area contributed by atoms with Crippen molar-refractivity contribution in [3.8, 4) is 0 Å². The predicted molar refractivity (Wildman–Crippen MR) is 153 cm³/mol. The van der Waals surface area contributed by atoms with Crippen molar-refractivity contribution in [1.29, 1.82) is 0 Å². The van der Waals surface area contributed by atoms with Crippen molar-refractivity contribution in [2.75, 3.05) is 37.9 Å². The van der Waals surface area contributed by atoms with Crippen LogP contribution in [0.4, 0.5) is 0 Å². The van der Waals surface area contributed by atoms with Crippen molar-refractivity contribution < 1.29 is 28.5 Å². The van der Waals surface area contributed by atoms with Gasteiger partial charge in [-0.15, -0.1) is 0 Å². The van der Waals surface area contributed by atoms with Crippen LogP contribution in [0.25, 0.3) is 0 Å². The summed E-state index contributed by atoms with van der Waals surface area (Å²) in [7, 11) is 0. The van der Waals surface area contributed by atoms with Crippen molar-refractivity contribution in [3.63, 3.8) is 0 Å². The number of hydrogen-bond acceptors (Lipinski definition) is 8. The average Bonchev–Trinajstić information content (AvgIpc) is 2.85. The summed E-state index contributed by atoms with van der Waals surface area (Å²) in [6.07, 6.45) is 9.69. The Morgan fingerprint density at radius 2 is 0.971 bits per heavy atom. The van der Waals surface area contributed by atoms with Crippen molar-refractivity contribution in [3.05, 3.63) is 12.8 Å². The van der Waals surface area contributed by atoms with Gasteiger partial charge < -0.3 is 44.2 Å². The van der Waals surface area contributed by atoms with E-state index in [-0.39, 0.29) is 48.1 Å². The molecule has 0 bridgehead atoms. The fraction of sp³-hybridized carbons (Fsp3) is 0.846. The number of ether oxygens (including phenoxy) is 4. The molecule has 0 saturated carbocycles. The van der Waals surface area contributed by atoms with E-state index in [4.69, 9.17) is 18.9 Å². The summed E-state index contributed by atoms with van der Waals surface area (Å²) in [5, 5.41) is 0. The maximum atomic E-state index is 10.8. The van der Waals surface area contributed by atoms with Crippen LogP contribution in [-0.4, -0.2) is 86.0 Å². The van der Waals surface area contributed by atoms with Gasteiger partial charge in [0.25, 0.3) is 0 Å². The van der Waals surface area contributed by atoms with E-state index in [0.717, 1.165) is 12.8 Å². The van der Waals surface area contributed by atoms with Crippen LogP contribution in [0.2, 0.25) is 0 Å². The molecular formula is C26H52O6S2Sn. The second kappa shape index (κ2) is 41.5. The van der Waals surface area contributed by atoms with Crippen LogP contribution in [0.1, 0.15) is 93.9 Å². The minimum Gasteiger partial charge on any atom is -0.792 e. The molecule has 0 N–H and O–H groups in total.